The van der Waals surface area contributed by atoms with Gasteiger partial charge in [-0.1, -0.05) is 11.2 Å². The maximum atomic E-state index is 13.3. The molecule has 3 heterocycles. The van der Waals surface area contributed by atoms with Crippen LogP contribution < -0.4 is 10.0 Å². The smallest absolute Gasteiger partial charge is 0.276 e. The molecule has 4 aliphatic carbocycles. The SMILES string of the molecule is CCS(=O)(=O)Nc1nnn(Cc2cn3c(C(=O)NCC45CC6CC7CC(C4)C7(C6)C5)cccc3n2)n1. The summed E-state index contributed by atoms with van der Waals surface area (Å²) in [6.45, 7) is 2.48. The van der Waals surface area contributed by atoms with Crippen LogP contribution in [0, 0.1) is 28.6 Å². The third-order valence-electron chi connectivity index (χ3n) is 9.37. The number of nitrogens with zero attached hydrogens (tertiary/aromatic N) is 6. The third kappa shape index (κ3) is 3.36. The van der Waals surface area contributed by atoms with E-state index in [-0.39, 0.29) is 29.6 Å². The number of anilines is 1. The molecule has 1 spiro atoms. The first-order chi connectivity index (χ1) is 17.3. The van der Waals surface area contributed by atoms with Gasteiger partial charge in [-0.05, 0) is 91.4 Å². The lowest BCUT2D eigenvalue weighted by molar-refractivity contribution is -0.00254. The number of pyridine rings is 1. The fourth-order valence-electron chi connectivity index (χ4n) is 8.13. The van der Waals surface area contributed by atoms with Crippen molar-refractivity contribution >= 4 is 27.5 Å². The molecule has 190 valence electrons. The Bertz CT molecular complexity index is 1480. The van der Waals surface area contributed by atoms with E-state index in [2.05, 4.69) is 30.4 Å². The minimum Gasteiger partial charge on any atom is -0.350 e. The minimum absolute atomic E-state index is 0.0809. The predicted octanol–water partition coefficient (Wildman–Crippen LogP) is 2.08. The van der Waals surface area contributed by atoms with Crippen LogP contribution in [-0.2, 0) is 16.6 Å². The Morgan fingerprint density at radius 1 is 1.19 bits per heavy atom. The second kappa shape index (κ2) is 7.50. The summed E-state index contributed by atoms with van der Waals surface area (Å²) >= 11 is 0. The normalized spacial score (nSPS) is 32.0. The number of rotatable bonds is 8. The number of hydrogen-bond donors (Lipinski definition) is 2. The number of carbonyl (C=O) groups excluding carboxylic acids is 1. The van der Waals surface area contributed by atoms with Gasteiger partial charge in [0.05, 0.1) is 11.4 Å². The van der Waals surface area contributed by atoms with Crippen LogP contribution in [0.15, 0.2) is 24.4 Å². The molecule has 5 atom stereocenters. The number of hydrogen-bond acceptors (Lipinski definition) is 7. The lowest BCUT2D eigenvalue weighted by atomic mass is 9.55. The van der Waals surface area contributed by atoms with Crippen LogP contribution in [0.1, 0.15) is 61.6 Å². The van der Waals surface area contributed by atoms with E-state index in [9.17, 15) is 13.2 Å². The molecule has 1 amide bonds. The van der Waals surface area contributed by atoms with Gasteiger partial charge < -0.3 is 5.32 Å². The van der Waals surface area contributed by atoms with E-state index in [1.807, 2.05) is 18.2 Å². The summed E-state index contributed by atoms with van der Waals surface area (Å²) in [5, 5.41) is 15.0. The second-order valence-corrected chi connectivity index (χ2v) is 13.5. The van der Waals surface area contributed by atoms with Crippen molar-refractivity contribution in [3.8, 4) is 0 Å². The summed E-state index contributed by atoms with van der Waals surface area (Å²) in [5.41, 5.74) is 2.72. The van der Waals surface area contributed by atoms with Crippen molar-refractivity contribution in [1.29, 1.82) is 0 Å². The van der Waals surface area contributed by atoms with Crippen LogP contribution in [0.5, 0.6) is 0 Å². The van der Waals surface area contributed by atoms with Gasteiger partial charge in [-0.2, -0.15) is 4.80 Å². The Hall–Kier alpha value is -3.02. The summed E-state index contributed by atoms with van der Waals surface area (Å²) in [7, 11) is -3.48. The Labute approximate surface area is 209 Å². The standard InChI is InChI=1S/C24H30N8O3S/c1-2-36(34,35)29-22-27-30-32(28-22)12-18-11-31-19(4-3-5-20(31)26-18)21(33)25-14-23-8-15-6-16-7-17(10-23)24(16,9-15)13-23/h3-5,11,15-17H,2,6-10,12-14H2,1H3,(H,25,33)(H,28,29). The number of carbonyl (C=O) groups is 1. The molecule has 0 aliphatic heterocycles. The van der Waals surface area contributed by atoms with Gasteiger partial charge in [-0.25, -0.2) is 18.1 Å². The van der Waals surface area contributed by atoms with E-state index in [1.165, 1.54) is 50.2 Å². The van der Waals surface area contributed by atoms with Crippen LogP contribution >= 0.6 is 0 Å². The Kier molecular flexibility index (Phi) is 4.62. The highest BCUT2D eigenvalue weighted by atomic mass is 32.2. The molecule has 0 radical (unpaired) electrons. The zero-order chi connectivity index (χ0) is 24.7. The first-order valence-corrected chi connectivity index (χ1v) is 14.5. The quantitative estimate of drug-likeness (QED) is 0.473. The van der Waals surface area contributed by atoms with Crippen molar-refractivity contribution in [3.05, 3.63) is 35.8 Å². The number of amides is 1. The van der Waals surface area contributed by atoms with Crippen LogP contribution in [0.25, 0.3) is 5.65 Å². The molecule has 5 unspecified atom stereocenters. The van der Waals surface area contributed by atoms with Crippen molar-refractivity contribution in [3.63, 3.8) is 0 Å². The topological polar surface area (TPSA) is 136 Å². The number of sulfonamides is 1. The van der Waals surface area contributed by atoms with Gasteiger partial charge in [0.2, 0.25) is 10.0 Å². The van der Waals surface area contributed by atoms with Gasteiger partial charge in [0, 0.05) is 12.7 Å². The Morgan fingerprint density at radius 2 is 2.08 bits per heavy atom. The van der Waals surface area contributed by atoms with Crippen molar-refractivity contribution in [1.82, 2.24) is 34.9 Å². The molecule has 4 saturated carbocycles. The highest BCUT2D eigenvalue weighted by molar-refractivity contribution is 7.92. The maximum absolute atomic E-state index is 13.3. The minimum atomic E-state index is -3.48. The van der Waals surface area contributed by atoms with E-state index in [4.69, 9.17) is 0 Å². The first kappa shape index (κ1) is 22.2. The van der Waals surface area contributed by atoms with Crippen LogP contribution in [0.2, 0.25) is 0 Å². The monoisotopic (exact) mass is 510 g/mol. The van der Waals surface area contributed by atoms with Gasteiger partial charge in [0.25, 0.3) is 11.9 Å². The average Bonchev–Trinajstić information content (AvgIpc) is 3.54. The lowest BCUT2D eigenvalue weighted by Crippen LogP contribution is -2.43. The number of nitrogens with one attached hydrogen (secondary N) is 2. The van der Waals surface area contributed by atoms with Gasteiger partial charge in [0.15, 0.2) is 0 Å². The highest BCUT2D eigenvalue weighted by Gasteiger charge is 2.70. The fourth-order valence-corrected chi connectivity index (χ4v) is 8.64. The predicted molar refractivity (Wildman–Crippen MR) is 131 cm³/mol. The number of imidazole rings is 1. The molecule has 11 nitrogen and oxygen atoms in total. The number of tetrazole rings is 1. The van der Waals surface area contributed by atoms with Crippen molar-refractivity contribution in [2.24, 2.45) is 28.6 Å². The Balaban J connectivity index is 1.06. The summed E-state index contributed by atoms with van der Waals surface area (Å²) in [5.74, 6) is 2.45. The largest absolute Gasteiger partial charge is 0.350 e. The molecule has 3 bridgehead atoms. The molecule has 3 aromatic heterocycles. The summed E-state index contributed by atoms with van der Waals surface area (Å²) in [4.78, 5) is 19.2. The average molecular weight is 511 g/mol. The van der Waals surface area contributed by atoms with Crippen LogP contribution in [0.4, 0.5) is 5.95 Å². The van der Waals surface area contributed by atoms with E-state index in [1.54, 1.807) is 10.6 Å². The molecule has 12 heteroatoms. The van der Waals surface area contributed by atoms with E-state index in [0.717, 1.165) is 24.3 Å². The molecule has 0 aromatic carbocycles. The Morgan fingerprint density at radius 3 is 2.94 bits per heavy atom. The summed E-state index contributed by atoms with van der Waals surface area (Å²) < 4.78 is 27.5. The van der Waals surface area contributed by atoms with E-state index in [0.29, 0.717) is 22.5 Å². The zero-order valence-corrected chi connectivity index (χ0v) is 21.0. The highest BCUT2D eigenvalue weighted by Crippen LogP contribution is 2.78. The molecular weight excluding hydrogens is 480 g/mol. The molecule has 4 aliphatic rings. The molecule has 2 N–H and O–H groups in total. The summed E-state index contributed by atoms with van der Waals surface area (Å²) in [6, 6.07) is 5.50. The molecule has 0 saturated heterocycles. The molecule has 7 rings (SSSR count). The maximum Gasteiger partial charge on any atom is 0.276 e. The van der Waals surface area contributed by atoms with Gasteiger partial charge in [-0.15, -0.1) is 5.10 Å². The molecule has 4 fully saturated rings. The van der Waals surface area contributed by atoms with Crippen molar-refractivity contribution in [2.45, 2.75) is 52.0 Å². The molecule has 3 aromatic rings. The van der Waals surface area contributed by atoms with E-state index < -0.39 is 10.0 Å². The second-order valence-electron chi connectivity index (χ2n) is 11.5. The summed E-state index contributed by atoms with van der Waals surface area (Å²) in [6.07, 6.45) is 9.90. The number of fused-ring (bicyclic) bond motifs is 3. The molecule has 36 heavy (non-hydrogen) atoms. The van der Waals surface area contributed by atoms with Crippen LogP contribution in [-0.4, -0.2) is 56.2 Å². The third-order valence-corrected chi connectivity index (χ3v) is 10.6. The van der Waals surface area contributed by atoms with Gasteiger partial charge >= 0.3 is 0 Å². The lowest BCUT2D eigenvalue weighted by Gasteiger charge is -2.49. The van der Waals surface area contributed by atoms with Crippen molar-refractivity contribution in [2.75, 3.05) is 17.0 Å². The number of aromatic nitrogens is 6. The van der Waals surface area contributed by atoms with Crippen molar-refractivity contribution < 1.29 is 13.2 Å². The molecular formula is C24H30N8O3S. The first-order valence-electron chi connectivity index (χ1n) is 12.8. The zero-order valence-electron chi connectivity index (χ0n) is 20.2. The van der Waals surface area contributed by atoms with Crippen LogP contribution in [0.3, 0.4) is 0 Å². The van der Waals surface area contributed by atoms with E-state index >= 15 is 0 Å². The van der Waals surface area contributed by atoms with Gasteiger partial charge in [0.1, 0.15) is 17.9 Å². The fraction of sp³-hybridized carbons (Fsp3) is 0.625. The van der Waals surface area contributed by atoms with Gasteiger partial charge in [-0.3, -0.25) is 9.20 Å².